The molecule has 1 atom stereocenters. The lowest BCUT2D eigenvalue weighted by molar-refractivity contribution is -0.0449. The van der Waals surface area contributed by atoms with Crippen LogP contribution >= 0.6 is 0 Å². The summed E-state index contributed by atoms with van der Waals surface area (Å²) in [6, 6.07) is 8.63. The maximum Gasteiger partial charge on any atom is 0.123 e. The van der Waals surface area contributed by atoms with Crippen LogP contribution < -0.4 is 4.74 Å². The van der Waals surface area contributed by atoms with Gasteiger partial charge in [-0.05, 0) is 48.6 Å². The molecule has 1 nitrogen and oxygen atoms in total. The summed E-state index contributed by atoms with van der Waals surface area (Å²) < 4.78 is 6.28. The highest BCUT2D eigenvalue weighted by Gasteiger charge is 2.47. The van der Waals surface area contributed by atoms with Gasteiger partial charge in [0.05, 0.1) is 0 Å². The van der Waals surface area contributed by atoms with Gasteiger partial charge in [-0.25, -0.2) is 0 Å². The highest BCUT2D eigenvalue weighted by molar-refractivity contribution is 5.40. The van der Waals surface area contributed by atoms with Crippen LogP contribution in [0.5, 0.6) is 5.75 Å². The van der Waals surface area contributed by atoms with Crippen molar-refractivity contribution < 1.29 is 4.74 Å². The Bertz CT molecular complexity index is 423. The summed E-state index contributed by atoms with van der Waals surface area (Å²) in [5, 5.41) is 0. The molecule has 1 heterocycles. The largest absolute Gasteiger partial charge is 0.487 e. The van der Waals surface area contributed by atoms with Crippen LogP contribution in [0.3, 0.4) is 0 Å². The van der Waals surface area contributed by atoms with Gasteiger partial charge in [-0.1, -0.05) is 39.0 Å². The average molecular weight is 230 g/mol. The zero-order chi connectivity index (χ0) is 12.1. The zero-order valence-corrected chi connectivity index (χ0v) is 11.1. The van der Waals surface area contributed by atoms with Crippen LogP contribution in [-0.4, -0.2) is 5.60 Å². The van der Waals surface area contributed by atoms with Crippen LogP contribution in [0.25, 0.3) is 0 Å². The molecule has 0 N–H and O–H groups in total. The second-order valence-electron chi connectivity index (χ2n) is 6.80. The van der Waals surface area contributed by atoms with Crippen molar-refractivity contribution >= 4 is 0 Å². The van der Waals surface area contributed by atoms with Crippen LogP contribution in [0, 0.1) is 5.41 Å². The molecule has 1 aromatic carbocycles. The van der Waals surface area contributed by atoms with Crippen molar-refractivity contribution in [2.24, 2.45) is 5.41 Å². The summed E-state index contributed by atoms with van der Waals surface area (Å²) in [4.78, 5) is 0. The van der Waals surface area contributed by atoms with E-state index in [2.05, 4.69) is 45.0 Å². The van der Waals surface area contributed by atoms with Crippen LogP contribution in [0.1, 0.15) is 57.9 Å². The summed E-state index contributed by atoms with van der Waals surface area (Å²) in [6.07, 6.45) is 5.02. The van der Waals surface area contributed by atoms with E-state index in [9.17, 15) is 0 Å². The van der Waals surface area contributed by atoms with Crippen molar-refractivity contribution in [2.75, 3.05) is 0 Å². The first-order valence-corrected chi connectivity index (χ1v) is 6.78. The van der Waals surface area contributed by atoms with Gasteiger partial charge in [-0.3, -0.25) is 0 Å². The average Bonchev–Trinajstić information content (AvgIpc) is 2.24. The molecule has 0 saturated heterocycles. The lowest BCUT2D eigenvalue weighted by Crippen LogP contribution is -2.48. The SMILES string of the molecule is CC(C)(C)C1CC2(CCC2)Oc2ccccc21. The smallest absolute Gasteiger partial charge is 0.123 e. The van der Waals surface area contributed by atoms with Crippen LogP contribution in [0.4, 0.5) is 0 Å². The second-order valence-corrected chi connectivity index (χ2v) is 6.80. The molecular formula is C16H22O. The summed E-state index contributed by atoms with van der Waals surface area (Å²) in [5.41, 5.74) is 1.91. The first-order chi connectivity index (χ1) is 8.00. The minimum atomic E-state index is 0.173. The normalized spacial score (nSPS) is 25.9. The third-order valence-corrected chi connectivity index (χ3v) is 4.51. The molecule has 92 valence electrons. The molecule has 1 unspecified atom stereocenters. The molecule has 2 aliphatic rings. The van der Waals surface area contributed by atoms with Crippen molar-refractivity contribution in [1.29, 1.82) is 0 Å². The maximum absolute atomic E-state index is 6.28. The van der Waals surface area contributed by atoms with Gasteiger partial charge in [0.1, 0.15) is 11.4 Å². The molecule has 1 aromatic rings. The number of hydrogen-bond acceptors (Lipinski definition) is 1. The van der Waals surface area contributed by atoms with E-state index < -0.39 is 0 Å². The fourth-order valence-corrected chi connectivity index (χ4v) is 3.27. The summed E-state index contributed by atoms with van der Waals surface area (Å²) in [7, 11) is 0. The number of benzene rings is 1. The molecular weight excluding hydrogens is 208 g/mol. The van der Waals surface area contributed by atoms with Gasteiger partial charge in [0, 0.05) is 0 Å². The van der Waals surface area contributed by atoms with Gasteiger partial charge >= 0.3 is 0 Å². The molecule has 1 saturated carbocycles. The Morgan fingerprint density at radius 3 is 2.47 bits per heavy atom. The van der Waals surface area contributed by atoms with Gasteiger partial charge in [0.2, 0.25) is 0 Å². The topological polar surface area (TPSA) is 9.23 Å². The number of ether oxygens (including phenoxy) is 1. The van der Waals surface area contributed by atoms with E-state index in [1.807, 2.05) is 0 Å². The second kappa shape index (κ2) is 3.51. The summed E-state index contributed by atoms with van der Waals surface area (Å²) in [5.74, 6) is 1.77. The van der Waals surface area contributed by atoms with Crippen molar-refractivity contribution in [2.45, 2.75) is 58.0 Å². The van der Waals surface area contributed by atoms with Gasteiger partial charge < -0.3 is 4.74 Å². The highest BCUT2D eigenvalue weighted by atomic mass is 16.5. The zero-order valence-electron chi connectivity index (χ0n) is 11.1. The summed E-state index contributed by atoms with van der Waals surface area (Å²) >= 11 is 0. The molecule has 0 radical (unpaired) electrons. The predicted molar refractivity (Wildman–Crippen MR) is 70.5 cm³/mol. The summed E-state index contributed by atoms with van der Waals surface area (Å²) in [6.45, 7) is 7.06. The number of rotatable bonds is 0. The lowest BCUT2D eigenvalue weighted by Gasteiger charge is -2.50. The van der Waals surface area contributed by atoms with Crippen molar-refractivity contribution in [3.05, 3.63) is 29.8 Å². The molecule has 1 spiro atoms. The van der Waals surface area contributed by atoms with Crippen LogP contribution in [0.15, 0.2) is 24.3 Å². The molecule has 3 rings (SSSR count). The Balaban J connectivity index is 2.03. The molecule has 1 heteroatoms. The minimum absolute atomic E-state index is 0.173. The first-order valence-electron chi connectivity index (χ1n) is 6.78. The van der Waals surface area contributed by atoms with Crippen LogP contribution in [0.2, 0.25) is 0 Å². The van der Waals surface area contributed by atoms with Gasteiger partial charge in [-0.2, -0.15) is 0 Å². The molecule has 0 bridgehead atoms. The molecule has 1 aliphatic carbocycles. The van der Waals surface area contributed by atoms with E-state index in [-0.39, 0.29) is 5.60 Å². The Kier molecular flexibility index (Phi) is 2.30. The fraction of sp³-hybridized carbons (Fsp3) is 0.625. The fourth-order valence-electron chi connectivity index (χ4n) is 3.27. The molecule has 17 heavy (non-hydrogen) atoms. The quantitative estimate of drug-likeness (QED) is 0.636. The van der Waals surface area contributed by atoms with Gasteiger partial charge in [-0.15, -0.1) is 0 Å². The molecule has 1 aliphatic heterocycles. The number of para-hydroxylation sites is 1. The monoisotopic (exact) mass is 230 g/mol. The first kappa shape index (κ1) is 11.1. The maximum atomic E-state index is 6.28. The minimum Gasteiger partial charge on any atom is -0.487 e. The lowest BCUT2D eigenvalue weighted by atomic mass is 9.64. The molecule has 1 fully saturated rings. The van der Waals surface area contributed by atoms with E-state index in [1.165, 1.54) is 31.2 Å². The Labute approximate surface area is 104 Å². The van der Waals surface area contributed by atoms with E-state index >= 15 is 0 Å². The molecule has 0 aromatic heterocycles. The Hall–Kier alpha value is -0.980. The van der Waals surface area contributed by atoms with Gasteiger partial charge in [0.25, 0.3) is 0 Å². The Morgan fingerprint density at radius 2 is 1.88 bits per heavy atom. The highest BCUT2D eigenvalue weighted by Crippen LogP contribution is 2.54. The van der Waals surface area contributed by atoms with Crippen molar-refractivity contribution in [1.82, 2.24) is 0 Å². The van der Waals surface area contributed by atoms with Gasteiger partial charge in [0.15, 0.2) is 0 Å². The van der Waals surface area contributed by atoms with E-state index in [0.717, 1.165) is 5.75 Å². The number of fused-ring (bicyclic) bond motifs is 1. The third-order valence-electron chi connectivity index (χ3n) is 4.51. The third kappa shape index (κ3) is 1.76. The Morgan fingerprint density at radius 1 is 1.18 bits per heavy atom. The van der Waals surface area contributed by atoms with Crippen LogP contribution in [-0.2, 0) is 0 Å². The van der Waals surface area contributed by atoms with Crippen molar-refractivity contribution in [3.63, 3.8) is 0 Å². The predicted octanol–water partition coefficient (Wildman–Crippen LogP) is 4.52. The van der Waals surface area contributed by atoms with Crippen molar-refractivity contribution in [3.8, 4) is 5.75 Å². The molecule has 0 amide bonds. The van der Waals surface area contributed by atoms with E-state index in [0.29, 0.717) is 11.3 Å². The standard InChI is InChI=1S/C16H22O/c1-15(2,3)13-11-16(9-6-10-16)17-14-8-5-4-7-12(13)14/h4-5,7-8,13H,6,9-11H2,1-3H3. The van der Waals surface area contributed by atoms with E-state index in [1.54, 1.807) is 0 Å². The van der Waals surface area contributed by atoms with E-state index in [4.69, 9.17) is 4.74 Å². The number of hydrogen-bond donors (Lipinski definition) is 0.